The topological polar surface area (TPSA) is 19.1 Å². The first-order chi connectivity index (χ1) is 23.3. The van der Waals surface area contributed by atoms with Crippen LogP contribution in [0.3, 0.4) is 0 Å². The first-order valence-electron chi connectivity index (χ1n) is 16.0. The lowest BCUT2D eigenvalue weighted by atomic mass is 9.95. The van der Waals surface area contributed by atoms with E-state index >= 15 is 0 Å². The number of rotatable bonds is 6. The lowest BCUT2D eigenvalue weighted by Crippen LogP contribution is -2.09. The minimum Gasteiger partial charge on any atom is -0.458 e. The number of benzene rings is 7. The van der Waals surface area contributed by atoms with Gasteiger partial charge in [-0.3, -0.25) is 0 Å². The number of aromatic nitrogens is 2. The van der Waals surface area contributed by atoms with Crippen LogP contribution in [-0.4, -0.2) is 17.0 Å². The standard InChI is InChI=1S/C43H29BN2O/c44-35-19-6-12-27-43(35)47-42-26-11-1-14-29(42)28-34-40(45-36-20-7-2-15-30(36)31-16-3-8-21-37(31)45)24-13-25-41(34)46-38-22-9-4-17-32(38)33-18-5-10-23-39(33)46/h1-27H,28H2. The Bertz CT molecular complexity index is 2370. The van der Waals surface area contributed by atoms with Crippen molar-refractivity contribution in [3.05, 3.63) is 175 Å². The van der Waals surface area contributed by atoms with Crippen LogP contribution in [0.15, 0.2) is 164 Å². The Morgan fingerprint density at radius 3 is 1.30 bits per heavy atom. The lowest BCUT2D eigenvalue weighted by Gasteiger charge is -2.21. The molecule has 9 aromatic rings. The molecule has 2 heterocycles. The number of para-hydroxylation sites is 6. The zero-order valence-corrected chi connectivity index (χ0v) is 25.7. The van der Waals surface area contributed by atoms with Crippen LogP contribution in [0.25, 0.3) is 55.0 Å². The van der Waals surface area contributed by atoms with Gasteiger partial charge in [0.1, 0.15) is 19.3 Å². The summed E-state index contributed by atoms with van der Waals surface area (Å²) in [5.41, 5.74) is 9.86. The van der Waals surface area contributed by atoms with E-state index in [9.17, 15) is 0 Å². The molecule has 0 atom stereocenters. The fourth-order valence-electron chi connectivity index (χ4n) is 7.16. The molecule has 220 valence electrons. The predicted octanol–water partition coefficient (Wildman–Crippen LogP) is 10.1. The Kier molecular flexibility index (Phi) is 6.46. The zero-order chi connectivity index (χ0) is 31.3. The molecule has 2 radical (unpaired) electrons. The van der Waals surface area contributed by atoms with Crippen LogP contribution in [-0.2, 0) is 6.42 Å². The summed E-state index contributed by atoms with van der Waals surface area (Å²) in [6.07, 6.45) is 0.635. The maximum atomic E-state index is 6.52. The molecule has 47 heavy (non-hydrogen) atoms. The van der Waals surface area contributed by atoms with E-state index in [4.69, 9.17) is 12.6 Å². The van der Waals surface area contributed by atoms with Crippen molar-refractivity contribution >= 4 is 56.9 Å². The van der Waals surface area contributed by atoms with E-state index < -0.39 is 0 Å². The van der Waals surface area contributed by atoms with Crippen LogP contribution >= 0.6 is 0 Å². The smallest absolute Gasteiger partial charge is 0.130 e. The molecule has 4 heteroatoms. The van der Waals surface area contributed by atoms with Gasteiger partial charge in [-0.1, -0.05) is 121 Å². The quantitative estimate of drug-likeness (QED) is 0.174. The summed E-state index contributed by atoms with van der Waals surface area (Å²) < 4.78 is 11.4. The van der Waals surface area contributed by atoms with E-state index in [0.29, 0.717) is 17.6 Å². The van der Waals surface area contributed by atoms with Gasteiger partial charge in [-0.05, 0) is 54.1 Å². The number of fused-ring (bicyclic) bond motifs is 6. The van der Waals surface area contributed by atoms with Crippen molar-refractivity contribution in [2.75, 3.05) is 0 Å². The van der Waals surface area contributed by atoms with Gasteiger partial charge in [0.15, 0.2) is 0 Å². The SMILES string of the molecule is [B]c1ccccc1Oc1ccccc1Cc1c(-n2c3ccccc3c3ccccc32)cccc1-n1c2ccccc2c2ccccc21. The molecule has 7 aromatic carbocycles. The highest BCUT2D eigenvalue weighted by Crippen LogP contribution is 2.39. The van der Waals surface area contributed by atoms with Gasteiger partial charge in [0.05, 0.1) is 33.4 Å². The number of hydrogen-bond donors (Lipinski definition) is 0. The number of ether oxygens (including phenoxy) is 1. The highest BCUT2D eigenvalue weighted by Gasteiger charge is 2.21. The van der Waals surface area contributed by atoms with Crippen molar-refractivity contribution < 1.29 is 4.74 Å². The summed E-state index contributed by atoms with van der Waals surface area (Å²) in [7, 11) is 6.33. The average Bonchev–Trinajstić information content (AvgIpc) is 3.63. The first-order valence-corrected chi connectivity index (χ1v) is 16.0. The van der Waals surface area contributed by atoms with Crippen molar-refractivity contribution in [3.8, 4) is 22.9 Å². The Balaban J connectivity index is 1.35. The van der Waals surface area contributed by atoms with E-state index in [-0.39, 0.29) is 0 Å². The molecule has 9 rings (SSSR count). The second-order valence-corrected chi connectivity index (χ2v) is 11.9. The summed E-state index contributed by atoms with van der Waals surface area (Å²) in [6.45, 7) is 0. The molecular formula is C43H29BN2O. The van der Waals surface area contributed by atoms with Crippen LogP contribution in [0.1, 0.15) is 11.1 Å². The van der Waals surface area contributed by atoms with E-state index in [1.807, 2.05) is 36.4 Å². The second kappa shape index (κ2) is 11.1. The van der Waals surface area contributed by atoms with Crippen LogP contribution in [0.5, 0.6) is 11.5 Å². The molecule has 0 aliphatic heterocycles. The van der Waals surface area contributed by atoms with Crippen LogP contribution in [0.4, 0.5) is 0 Å². The Morgan fingerprint density at radius 1 is 0.404 bits per heavy atom. The molecule has 3 nitrogen and oxygen atoms in total. The fourth-order valence-corrected chi connectivity index (χ4v) is 7.16. The number of hydrogen-bond acceptors (Lipinski definition) is 1. The van der Waals surface area contributed by atoms with Crippen molar-refractivity contribution in [1.29, 1.82) is 0 Å². The molecular weight excluding hydrogens is 571 g/mol. The normalized spacial score (nSPS) is 11.6. The minimum atomic E-state index is 0.610. The van der Waals surface area contributed by atoms with Gasteiger partial charge >= 0.3 is 0 Å². The van der Waals surface area contributed by atoms with Crippen LogP contribution in [0.2, 0.25) is 0 Å². The number of nitrogens with zero attached hydrogens (tertiary/aromatic N) is 2. The Morgan fingerprint density at radius 2 is 0.809 bits per heavy atom. The summed E-state index contributed by atoms with van der Waals surface area (Å²) >= 11 is 0. The van der Waals surface area contributed by atoms with Crippen molar-refractivity contribution in [3.63, 3.8) is 0 Å². The van der Waals surface area contributed by atoms with E-state index in [1.165, 1.54) is 49.2 Å². The third kappa shape index (κ3) is 4.45. The molecule has 0 bridgehead atoms. The van der Waals surface area contributed by atoms with Crippen LogP contribution < -0.4 is 10.2 Å². The lowest BCUT2D eigenvalue weighted by molar-refractivity contribution is 0.481. The zero-order valence-electron chi connectivity index (χ0n) is 25.7. The molecule has 0 unspecified atom stereocenters. The predicted molar refractivity (Wildman–Crippen MR) is 196 cm³/mol. The van der Waals surface area contributed by atoms with Crippen molar-refractivity contribution in [1.82, 2.24) is 9.13 Å². The largest absolute Gasteiger partial charge is 0.458 e. The van der Waals surface area contributed by atoms with Crippen LogP contribution in [0, 0.1) is 0 Å². The maximum Gasteiger partial charge on any atom is 0.130 e. The Hall–Kier alpha value is -6.00. The maximum absolute atomic E-state index is 6.52. The molecule has 0 saturated heterocycles. The van der Waals surface area contributed by atoms with E-state index in [2.05, 4.69) is 137 Å². The fraction of sp³-hybridized carbons (Fsp3) is 0.0233. The molecule has 0 saturated carbocycles. The second-order valence-electron chi connectivity index (χ2n) is 11.9. The molecule has 0 aliphatic carbocycles. The minimum absolute atomic E-state index is 0.610. The van der Waals surface area contributed by atoms with E-state index in [0.717, 1.165) is 22.7 Å². The van der Waals surface area contributed by atoms with Crippen molar-refractivity contribution in [2.24, 2.45) is 0 Å². The van der Waals surface area contributed by atoms with Gasteiger partial charge in [-0.15, -0.1) is 0 Å². The molecule has 0 aliphatic rings. The molecule has 2 aromatic heterocycles. The Labute approximate surface area is 274 Å². The van der Waals surface area contributed by atoms with Gasteiger partial charge in [0, 0.05) is 33.5 Å². The molecule has 0 N–H and O–H groups in total. The van der Waals surface area contributed by atoms with Gasteiger partial charge < -0.3 is 13.9 Å². The van der Waals surface area contributed by atoms with Gasteiger partial charge in [0.25, 0.3) is 0 Å². The average molecular weight is 601 g/mol. The van der Waals surface area contributed by atoms with E-state index in [1.54, 1.807) is 0 Å². The summed E-state index contributed by atoms with van der Waals surface area (Å²) in [5.74, 6) is 1.44. The summed E-state index contributed by atoms with van der Waals surface area (Å²) in [6, 6.07) is 57.4. The van der Waals surface area contributed by atoms with Gasteiger partial charge in [-0.2, -0.15) is 0 Å². The first kappa shape index (κ1) is 27.3. The highest BCUT2D eigenvalue weighted by atomic mass is 16.5. The van der Waals surface area contributed by atoms with Gasteiger partial charge in [-0.25, -0.2) is 0 Å². The summed E-state index contributed by atoms with van der Waals surface area (Å²) in [4.78, 5) is 0. The molecule has 0 amide bonds. The molecule has 0 fully saturated rings. The monoisotopic (exact) mass is 600 g/mol. The summed E-state index contributed by atoms with van der Waals surface area (Å²) in [5, 5.41) is 4.94. The highest BCUT2D eigenvalue weighted by molar-refractivity contribution is 6.34. The van der Waals surface area contributed by atoms with Gasteiger partial charge in [0.2, 0.25) is 0 Å². The molecule has 0 spiro atoms. The van der Waals surface area contributed by atoms with Crippen molar-refractivity contribution in [2.45, 2.75) is 6.42 Å². The third-order valence-corrected chi connectivity index (χ3v) is 9.25. The third-order valence-electron chi connectivity index (χ3n) is 9.25.